The first-order valence-electron chi connectivity index (χ1n) is 5.77. The van der Waals surface area contributed by atoms with Crippen molar-refractivity contribution >= 4 is 6.21 Å². The number of aromatic nitrogens is 1. The van der Waals surface area contributed by atoms with Gasteiger partial charge < -0.3 is 4.74 Å². The molecule has 2 aliphatic rings. The molecule has 3 heterocycles. The molecule has 0 bridgehead atoms. The van der Waals surface area contributed by atoms with E-state index in [9.17, 15) is 0 Å². The van der Waals surface area contributed by atoms with Crippen LogP contribution in [0.25, 0.3) is 0 Å². The smallest absolute Gasteiger partial charge is 0.380 e. The number of hydrogen-bond acceptors (Lipinski definition) is 1. The lowest BCUT2D eigenvalue weighted by atomic mass is 10.2. The Kier molecular flexibility index (Phi) is 1.66. The molecule has 17 heavy (non-hydrogen) atoms. The molecule has 0 spiro atoms. The van der Waals surface area contributed by atoms with Crippen LogP contribution in [0, 0.1) is 0 Å². The Bertz CT molecular complexity index is 634. The number of hydrogen-bond donors (Lipinski definition) is 0. The van der Waals surface area contributed by atoms with E-state index in [2.05, 4.69) is 39.8 Å². The Hall–Kier alpha value is -2.16. The molecule has 1 atom stereocenters. The van der Waals surface area contributed by atoms with E-state index >= 15 is 0 Å². The van der Waals surface area contributed by atoms with Gasteiger partial charge in [-0.1, -0.05) is 16.7 Å². The number of fused-ring (bicyclic) bond motifs is 4. The van der Waals surface area contributed by atoms with Gasteiger partial charge in [-0.15, -0.1) is 4.58 Å². The summed E-state index contributed by atoms with van der Waals surface area (Å²) in [4.78, 5) is 0. The van der Waals surface area contributed by atoms with Crippen LogP contribution in [0.15, 0.2) is 48.7 Å². The van der Waals surface area contributed by atoms with Crippen molar-refractivity contribution in [1.82, 2.24) is 0 Å². The van der Waals surface area contributed by atoms with Crippen LogP contribution in [0.2, 0.25) is 0 Å². The molecule has 2 aliphatic heterocycles. The summed E-state index contributed by atoms with van der Waals surface area (Å²) in [6.45, 7) is 0.903. The van der Waals surface area contributed by atoms with Crippen LogP contribution >= 0.6 is 0 Å². The second-order valence-electron chi connectivity index (χ2n) is 4.38. The highest BCUT2D eigenvalue weighted by Gasteiger charge is 2.45. The van der Waals surface area contributed by atoms with Crippen molar-refractivity contribution in [2.75, 3.05) is 0 Å². The van der Waals surface area contributed by atoms with Gasteiger partial charge in [-0.2, -0.15) is 0 Å². The Morgan fingerprint density at radius 2 is 1.94 bits per heavy atom. The zero-order valence-electron chi connectivity index (χ0n) is 9.28. The summed E-state index contributed by atoms with van der Waals surface area (Å²) in [6.07, 6.45) is 4.22. The maximum atomic E-state index is 6.04. The molecule has 3 nitrogen and oxygen atoms in total. The van der Waals surface area contributed by atoms with Crippen LogP contribution in [0.5, 0.6) is 5.75 Å². The Morgan fingerprint density at radius 1 is 1.06 bits per heavy atom. The maximum absolute atomic E-state index is 6.04. The quantitative estimate of drug-likeness (QED) is 0.619. The third-order valence-electron chi connectivity index (χ3n) is 3.30. The molecule has 0 N–H and O–H groups in total. The minimum absolute atomic E-state index is 0.0268. The van der Waals surface area contributed by atoms with Crippen molar-refractivity contribution in [3.05, 3.63) is 59.9 Å². The van der Waals surface area contributed by atoms with Crippen LogP contribution in [0.4, 0.5) is 0 Å². The zero-order chi connectivity index (χ0) is 11.2. The number of nitrogens with zero attached hydrogens (tertiary/aromatic N) is 2. The lowest BCUT2D eigenvalue weighted by Crippen LogP contribution is -2.45. The molecular weight excluding hydrogens is 212 g/mol. The lowest BCUT2D eigenvalue weighted by molar-refractivity contribution is -0.880. The topological polar surface area (TPSA) is 16.1 Å². The van der Waals surface area contributed by atoms with E-state index in [1.165, 1.54) is 5.69 Å². The van der Waals surface area contributed by atoms with E-state index in [1.54, 1.807) is 0 Å². The number of pyridine rings is 1. The highest BCUT2D eigenvalue weighted by molar-refractivity contribution is 5.80. The van der Waals surface area contributed by atoms with Crippen molar-refractivity contribution in [2.45, 2.75) is 12.9 Å². The maximum Gasteiger partial charge on any atom is 0.512 e. The van der Waals surface area contributed by atoms with Gasteiger partial charge >= 0.3 is 6.35 Å². The lowest BCUT2D eigenvalue weighted by Gasteiger charge is -2.12. The Labute approximate surface area is 99.2 Å². The molecular formula is C14H12N2O+2. The van der Waals surface area contributed by atoms with Crippen LogP contribution in [0.1, 0.15) is 17.6 Å². The van der Waals surface area contributed by atoms with Gasteiger partial charge in [0, 0.05) is 12.1 Å². The highest BCUT2D eigenvalue weighted by Crippen LogP contribution is 2.26. The predicted molar refractivity (Wildman–Crippen MR) is 61.9 cm³/mol. The third kappa shape index (κ3) is 1.22. The van der Waals surface area contributed by atoms with Crippen molar-refractivity contribution < 1.29 is 13.9 Å². The van der Waals surface area contributed by atoms with Gasteiger partial charge in [-0.05, 0) is 18.2 Å². The number of ether oxygens (including phenoxy) is 1. The summed E-state index contributed by atoms with van der Waals surface area (Å²) in [5.74, 6) is 0.956. The fraction of sp³-hybridized carbons (Fsp3) is 0.143. The standard InChI is InChI=1S/C14H12N2O/c1-2-7-13-11(5-1)9-15-10-12-6-3-4-8-16(12)14(15)17-13/h1-9,14H,10H2/q+2. The molecule has 0 fully saturated rings. The van der Waals surface area contributed by atoms with Crippen LogP contribution in [-0.4, -0.2) is 10.8 Å². The molecule has 4 rings (SSSR count). The number of benzene rings is 1. The molecule has 1 aromatic carbocycles. The largest absolute Gasteiger partial charge is 0.512 e. The highest BCUT2D eigenvalue weighted by atomic mass is 16.5. The molecule has 3 heteroatoms. The van der Waals surface area contributed by atoms with Gasteiger partial charge in [0.15, 0.2) is 12.4 Å². The van der Waals surface area contributed by atoms with Gasteiger partial charge in [-0.25, -0.2) is 0 Å². The number of rotatable bonds is 0. The molecule has 82 valence electrons. The first kappa shape index (κ1) is 8.93. The van der Waals surface area contributed by atoms with E-state index in [0.29, 0.717) is 0 Å². The van der Waals surface area contributed by atoms with Gasteiger partial charge in [0.05, 0.1) is 5.56 Å². The minimum Gasteiger partial charge on any atom is -0.380 e. The zero-order valence-corrected chi connectivity index (χ0v) is 9.28. The Balaban J connectivity index is 1.88. The summed E-state index contributed by atoms with van der Waals surface area (Å²) in [5.41, 5.74) is 2.43. The summed E-state index contributed by atoms with van der Waals surface area (Å²) < 4.78 is 10.4. The van der Waals surface area contributed by atoms with Gasteiger partial charge in [0.2, 0.25) is 6.54 Å². The van der Waals surface area contributed by atoms with Crippen molar-refractivity contribution in [1.29, 1.82) is 0 Å². The van der Waals surface area contributed by atoms with Crippen molar-refractivity contribution in [3.63, 3.8) is 0 Å². The average molecular weight is 224 g/mol. The molecule has 0 saturated carbocycles. The number of para-hydroxylation sites is 1. The summed E-state index contributed by atoms with van der Waals surface area (Å²) in [6, 6.07) is 14.4. The monoisotopic (exact) mass is 224 g/mol. The van der Waals surface area contributed by atoms with Crippen molar-refractivity contribution in [2.24, 2.45) is 0 Å². The van der Waals surface area contributed by atoms with Crippen LogP contribution < -0.4 is 9.30 Å². The van der Waals surface area contributed by atoms with Gasteiger partial charge in [0.25, 0.3) is 5.69 Å². The molecule has 0 saturated heterocycles. The molecule has 0 aliphatic carbocycles. The first-order valence-corrected chi connectivity index (χ1v) is 5.77. The Morgan fingerprint density at radius 3 is 2.94 bits per heavy atom. The van der Waals surface area contributed by atoms with E-state index in [1.807, 2.05) is 24.3 Å². The first-order chi connectivity index (χ1) is 8.42. The summed E-state index contributed by atoms with van der Waals surface area (Å²) in [5, 5.41) is 0. The molecule has 2 aromatic rings. The van der Waals surface area contributed by atoms with E-state index in [4.69, 9.17) is 4.74 Å². The molecule has 0 radical (unpaired) electrons. The second kappa shape index (κ2) is 3.17. The SMILES string of the molecule is C1=[N+]2Cc3cccc[n+]3C2Oc2ccccc21. The second-order valence-corrected chi connectivity index (χ2v) is 4.38. The fourth-order valence-corrected chi connectivity index (χ4v) is 2.49. The van der Waals surface area contributed by atoms with Crippen LogP contribution in [-0.2, 0) is 6.54 Å². The predicted octanol–water partition coefficient (Wildman–Crippen LogP) is 1.47. The molecule has 1 aromatic heterocycles. The van der Waals surface area contributed by atoms with Crippen molar-refractivity contribution in [3.8, 4) is 5.75 Å². The fourth-order valence-electron chi connectivity index (χ4n) is 2.49. The van der Waals surface area contributed by atoms with Gasteiger partial charge in [0.1, 0.15) is 5.75 Å². The van der Waals surface area contributed by atoms with E-state index in [-0.39, 0.29) is 6.35 Å². The third-order valence-corrected chi connectivity index (χ3v) is 3.30. The molecule has 1 unspecified atom stereocenters. The minimum atomic E-state index is -0.0268. The average Bonchev–Trinajstić information content (AvgIpc) is 2.73. The van der Waals surface area contributed by atoms with Gasteiger partial charge in [-0.3, -0.25) is 0 Å². The van der Waals surface area contributed by atoms with Crippen LogP contribution in [0.3, 0.4) is 0 Å². The summed E-state index contributed by atoms with van der Waals surface area (Å²) in [7, 11) is 0. The summed E-state index contributed by atoms with van der Waals surface area (Å²) >= 11 is 0. The molecule has 0 amide bonds. The van der Waals surface area contributed by atoms with E-state index < -0.39 is 0 Å². The normalized spacial score (nSPS) is 19.8. The van der Waals surface area contributed by atoms with E-state index in [0.717, 1.165) is 17.9 Å².